The number of oxazole rings is 1. The molecule has 1 aromatic heterocycles. The zero-order valence-electron chi connectivity index (χ0n) is 14.6. The molecule has 0 aliphatic rings. The highest BCUT2D eigenvalue weighted by Crippen LogP contribution is 2.22. The molecule has 0 unspecified atom stereocenters. The topological polar surface area (TPSA) is 62.5 Å². The number of rotatable bonds is 4. The van der Waals surface area contributed by atoms with Crippen LogP contribution >= 0.6 is 0 Å². The van der Waals surface area contributed by atoms with E-state index < -0.39 is 0 Å². The van der Waals surface area contributed by atoms with Crippen molar-refractivity contribution in [2.75, 3.05) is 7.05 Å². The Morgan fingerprint density at radius 1 is 1.13 bits per heavy atom. The van der Waals surface area contributed by atoms with Crippen LogP contribution in [0.5, 0.6) is 0 Å². The van der Waals surface area contributed by atoms with Gasteiger partial charge in [-0.15, -0.1) is 0 Å². The van der Waals surface area contributed by atoms with Gasteiger partial charge in [-0.2, -0.15) is 0 Å². The monoisotopic (exact) mass is 314 g/mol. The molecular formula is C18H26N4O. The molecule has 1 aromatic carbocycles. The fourth-order valence-corrected chi connectivity index (χ4v) is 2.01. The summed E-state index contributed by atoms with van der Waals surface area (Å²) >= 11 is 0. The molecule has 5 heteroatoms. The van der Waals surface area contributed by atoms with Gasteiger partial charge in [-0.25, -0.2) is 4.98 Å². The molecule has 0 aliphatic carbocycles. The molecule has 0 radical (unpaired) electrons. The van der Waals surface area contributed by atoms with Crippen molar-refractivity contribution in [2.24, 2.45) is 4.99 Å². The van der Waals surface area contributed by atoms with Crippen LogP contribution in [0, 0.1) is 6.92 Å². The molecule has 0 aliphatic heterocycles. The van der Waals surface area contributed by atoms with Gasteiger partial charge in [-0.3, -0.25) is 4.99 Å². The zero-order valence-corrected chi connectivity index (χ0v) is 14.6. The summed E-state index contributed by atoms with van der Waals surface area (Å²) in [6, 6.07) is 8.43. The maximum absolute atomic E-state index is 5.76. The highest BCUT2D eigenvalue weighted by molar-refractivity contribution is 5.79. The van der Waals surface area contributed by atoms with E-state index in [4.69, 9.17) is 4.42 Å². The normalized spacial score (nSPS) is 12.3. The average Bonchev–Trinajstić information content (AvgIpc) is 2.98. The van der Waals surface area contributed by atoms with Crippen molar-refractivity contribution < 1.29 is 4.42 Å². The Labute approximate surface area is 138 Å². The first kappa shape index (κ1) is 17.1. The number of hydrogen-bond donors (Lipinski definition) is 2. The highest BCUT2D eigenvalue weighted by atomic mass is 16.4. The zero-order chi connectivity index (χ0) is 16.9. The lowest BCUT2D eigenvalue weighted by atomic mass is 9.94. The predicted octanol–water partition coefficient (Wildman–Crippen LogP) is 3.15. The lowest BCUT2D eigenvalue weighted by Crippen LogP contribution is -2.36. The van der Waals surface area contributed by atoms with Gasteiger partial charge in [-0.05, 0) is 12.5 Å². The maximum atomic E-state index is 5.76. The van der Waals surface area contributed by atoms with Gasteiger partial charge in [0, 0.05) is 19.0 Å². The van der Waals surface area contributed by atoms with Crippen LogP contribution in [0.3, 0.4) is 0 Å². The van der Waals surface area contributed by atoms with Crippen LogP contribution in [0.1, 0.15) is 43.5 Å². The van der Waals surface area contributed by atoms with Crippen molar-refractivity contribution in [3.63, 3.8) is 0 Å². The van der Waals surface area contributed by atoms with Crippen LogP contribution < -0.4 is 10.6 Å². The van der Waals surface area contributed by atoms with Crippen molar-refractivity contribution >= 4 is 5.96 Å². The summed E-state index contributed by atoms with van der Waals surface area (Å²) in [5.41, 5.74) is 2.44. The third-order valence-electron chi connectivity index (χ3n) is 3.50. The fourth-order valence-electron chi connectivity index (χ4n) is 2.01. The first-order valence-electron chi connectivity index (χ1n) is 7.84. The largest absolute Gasteiger partial charge is 0.443 e. The predicted molar refractivity (Wildman–Crippen MR) is 93.4 cm³/mol. The van der Waals surface area contributed by atoms with E-state index in [2.05, 4.69) is 72.6 Å². The Bertz CT molecular complexity index is 650. The first-order valence-corrected chi connectivity index (χ1v) is 7.84. The fraction of sp³-hybridized carbons (Fsp3) is 0.444. The smallest absolute Gasteiger partial charge is 0.213 e. The first-order chi connectivity index (χ1) is 10.9. The van der Waals surface area contributed by atoms with E-state index in [0.29, 0.717) is 12.4 Å². The molecule has 0 bridgehead atoms. The molecule has 2 rings (SSSR count). The molecule has 0 atom stereocenters. The van der Waals surface area contributed by atoms with Crippen LogP contribution in [0.25, 0.3) is 0 Å². The molecule has 23 heavy (non-hydrogen) atoms. The number of benzene rings is 1. The van der Waals surface area contributed by atoms with Crippen LogP contribution in [0.2, 0.25) is 0 Å². The maximum Gasteiger partial charge on any atom is 0.213 e. The van der Waals surface area contributed by atoms with Gasteiger partial charge in [0.25, 0.3) is 0 Å². The standard InChI is InChI=1S/C18H26N4O/c1-13-6-8-14(9-7-13)10-21-17(19-5)22-12-16-20-11-15(23-16)18(2,3)4/h6-9,11H,10,12H2,1-5H3,(H2,19,21,22). The SMILES string of the molecule is CN=C(NCc1ccc(C)cc1)NCc1ncc(C(C)(C)C)o1. The molecule has 0 amide bonds. The molecule has 1 heterocycles. The number of guanidine groups is 1. The van der Waals surface area contributed by atoms with Gasteiger partial charge >= 0.3 is 0 Å². The average molecular weight is 314 g/mol. The number of aliphatic imine (C=N–C) groups is 1. The molecule has 0 saturated heterocycles. The van der Waals surface area contributed by atoms with Gasteiger partial charge in [-0.1, -0.05) is 50.6 Å². The van der Waals surface area contributed by atoms with Crippen molar-refractivity contribution in [2.45, 2.75) is 46.2 Å². The number of nitrogens with zero attached hydrogens (tertiary/aromatic N) is 2. The van der Waals surface area contributed by atoms with E-state index in [9.17, 15) is 0 Å². The van der Waals surface area contributed by atoms with Gasteiger partial charge < -0.3 is 15.1 Å². The number of aromatic nitrogens is 1. The molecule has 5 nitrogen and oxygen atoms in total. The van der Waals surface area contributed by atoms with Crippen molar-refractivity contribution in [3.05, 3.63) is 53.2 Å². The third-order valence-corrected chi connectivity index (χ3v) is 3.50. The second kappa shape index (κ2) is 7.31. The minimum Gasteiger partial charge on any atom is -0.443 e. The summed E-state index contributed by atoms with van der Waals surface area (Å²) in [5, 5.41) is 6.50. The van der Waals surface area contributed by atoms with E-state index in [1.807, 2.05) is 0 Å². The summed E-state index contributed by atoms with van der Waals surface area (Å²) < 4.78 is 5.76. The second-order valence-corrected chi connectivity index (χ2v) is 6.63. The van der Waals surface area contributed by atoms with Crippen LogP contribution in [0.4, 0.5) is 0 Å². The molecule has 0 spiro atoms. The van der Waals surface area contributed by atoms with Gasteiger partial charge in [0.2, 0.25) is 5.89 Å². The minimum atomic E-state index is -0.0311. The summed E-state index contributed by atoms with van der Waals surface area (Å²) in [5.74, 6) is 2.27. The second-order valence-electron chi connectivity index (χ2n) is 6.63. The van der Waals surface area contributed by atoms with Crippen molar-refractivity contribution in [1.82, 2.24) is 15.6 Å². The Morgan fingerprint density at radius 3 is 2.35 bits per heavy atom. The Kier molecular flexibility index (Phi) is 5.42. The van der Waals surface area contributed by atoms with Crippen molar-refractivity contribution in [1.29, 1.82) is 0 Å². The number of aryl methyl sites for hydroxylation is 1. The summed E-state index contributed by atoms with van der Waals surface area (Å²) in [7, 11) is 1.75. The van der Waals surface area contributed by atoms with Crippen LogP contribution in [0.15, 0.2) is 39.9 Å². The summed E-state index contributed by atoms with van der Waals surface area (Å²) in [6.45, 7) is 9.62. The van der Waals surface area contributed by atoms with Gasteiger partial charge in [0.1, 0.15) is 5.76 Å². The molecule has 2 N–H and O–H groups in total. The lowest BCUT2D eigenvalue weighted by Gasteiger charge is -2.13. The summed E-state index contributed by atoms with van der Waals surface area (Å²) in [4.78, 5) is 8.52. The quantitative estimate of drug-likeness (QED) is 0.672. The summed E-state index contributed by atoms with van der Waals surface area (Å²) in [6.07, 6.45) is 1.79. The third kappa shape index (κ3) is 5.13. The van der Waals surface area contributed by atoms with E-state index in [0.717, 1.165) is 18.3 Å². The van der Waals surface area contributed by atoms with Crippen LogP contribution in [-0.4, -0.2) is 18.0 Å². The van der Waals surface area contributed by atoms with E-state index >= 15 is 0 Å². The highest BCUT2D eigenvalue weighted by Gasteiger charge is 2.19. The van der Waals surface area contributed by atoms with E-state index in [1.54, 1.807) is 13.2 Å². The molecule has 124 valence electrons. The molecule has 0 fully saturated rings. The lowest BCUT2D eigenvalue weighted by molar-refractivity contribution is 0.379. The van der Waals surface area contributed by atoms with Crippen molar-refractivity contribution in [3.8, 4) is 0 Å². The van der Waals surface area contributed by atoms with Gasteiger partial charge in [0.15, 0.2) is 5.96 Å². The minimum absolute atomic E-state index is 0.0311. The number of hydrogen-bond acceptors (Lipinski definition) is 3. The Hall–Kier alpha value is -2.30. The van der Waals surface area contributed by atoms with E-state index in [-0.39, 0.29) is 5.41 Å². The molecule has 0 saturated carbocycles. The Morgan fingerprint density at radius 2 is 1.78 bits per heavy atom. The van der Waals surface area contributed by atoms with E-state index in [1.165, 1.54) is 11.1 Å². The Balaban J connectivity index is 1.85. The van der Waals surface area contributed by atoms with Gasteiger partial charge in [0.05, 0.1) is 12.7 Å². The molecule has 2 aromatic rings. The number of nitrogens with one attached hydrogen (secondary N) is 2. The van der Waals surface area contributed by atoms with Crippen LogP contribution in [-0.2, 0) is 18.5 Å². The molecular weight excluding hydrogens is 288 g/mol.